The van der Waals surface area contributed by atoms with Crippen LogP contribution in [0, 0.1) is 5.41 Å². The van der Waals surface area contributed by atoms with Crippen LogP contribution in [-0.4, -0.2) is 83.9 Å². The Bertz CT molecular complexity index is 1020. The summed E-state index contributed by atoms with van der Waals surface area (Å²) in [5.41, 5.74) is -0.258. The molecule has 3 heterocycles. The molecule has 1 aliphatic carbocycles. The van der Waals surface area contributed by atoms with Crippen LogP contribution in [0.3, 0.4) is 0 Å². The molecule has 5 rings (SSSR count). The molecule has 4 aliphatic rings. The van der Waals surface area contributed by atoms with Crippen LogP contribution < -0.4 is 0 Å². The molecule has 9 heteroatoms. The maximum absolute atomic E-state index is 13.9. The van der Waals surface area contributed by atoms with Gasteiger partial charge in [-0.1, -0.05) is 24.9 Å². The minimum atomic E-state index is -3.69. The van der Waals surface area contributed by atoms with Crippen LogP contribution in [0.1, 0.15) is 64.7 Å². The van der Waals surface area contributed by atoms with Crippen molar-refractivity contribution in [2.75, 3.05) is 26.2 Å². The minimum Gasteiger partial charge on any atom is -0.395 e. The lowest BCUT2D eigenvalue weighted by Crippen LogP contribution is -2.57. The van der Waals surface area contributed by atoms with Crippen molar-refractivity contribution in [1.29, 1.82) is 0 Å². The van der Waals surface area contributed by atoms with E-state index in [2.05, 4.69) is 11.8 Å². The number of amides is 1. The van der Waals surface area contributed by atoms with Crippen molar-refractivity contribution in [3.63, 3.8) is 0 Å². The Morgan fingerprint density at radius 2 is 1.74 bits per heavy atom. The van der Waals surface area contributed by atoms with Gasteiger partial charge in [0.05, 0.1) is 11.5 Å². The average Bonchev–Trinajstić information content (AvgIpc) is 3.59. The number of sulfonamides is 1. The van der Waals surface area contributed by atoms with E-state index in [1.54, 1.807) is 28.6 Å². The number of benzene rings is 1. The smallest absolute Gasteiger partial charge is 0.243 e. The van der Waals surface area contributed by atoms with Gasteiger partial charge in [-0.15, -0.1) is 0 Å². The van der Waals surface area contributed by atoms with E-state index in [0.717, 1.165) is 64.5 Å². The van der Waals surface area contributed by atoms with Crippen molar-refractivity contribution in [1.82, 2.24) is 14.1 Å². The summed E-state index contributed by atoms with van der Waals surface area (Å²) in [6, 6.07) is 6.95. The molecule has 7 nitrogen and oxygen atoms in total. The highest BCUT2D eigenvalue weighted by Gasteiger charge is 2.57. The Balaban J connectivity index is 1.36. The second-order valence-electron chi connectivity index (χ2n) is 11.0. The lowest BCUT2D eigenvalue weighted by molar-refractivity contribution is -0.136. The fraction of sp³-hybridized carbons (Fsp3) is 0.731. The van der Waals surface area contributed by atoms with Crippen molar-refractivity contribution in [3.8, 4) is 0 Å². The fourth-order valence-corrected chi connectivity index (χ4v) is 9.14. The molecule has 2 unspecified atom stereocenters. The summed E-state index contributed by atoms with van der Waals surface area (Å²) >= 11 is 6.03. The van der Waals surface area contributed by atoms with Crippen molar-refractivity contribution in [2.24, 2.45) is 5.41 Å². The molecule has 4 fully saturated rings. The van der Waals surface area contributed by atoms with E-state index < -0.39 is 10.0 Å². The van der Waals surface area contributed by atoms with Crippen LogP contribution in [-0.2, 0) is 14.8 Å². The number of aliphatic hydroxyl groups excluding tert-OH is 1. The van der Waals surface area contributed by atoms with Crippen LogP contribution in [0.4, 0.5) is 0 Å². The molecule has 1 saturated carbocycles. The molecule has 1 aromatic rings. The predicted molar refractivity (Wildman–Crippen MR) is 136 cm³/mol. The summed E-state index contributed by atoms with van der Waals surface area (Å²) in [7, 11) is -3.69. The zero-order valence-corrected chi connectivity index (χ0v) is 22.2. The van der Waals surface area contributed by atoms with Crippen LogP contribution in [0.25, 0.3) is 0 Å². The second-order valence-corrected chi connectivity index (χ2v) is 13.3. The summed E-state index contributed by atoms with van der Waals surface area (Å²) in [6.07, 6.45) is 7.83. The van der Waals surface area contributed by atoms with E-state index >= 15 is 0 Å². The van der Waals surface area contributed by atoms with E-state index in [-0.39, 0.29) is 34.9 Å². The molecule has 1 amide bonds. The molecule has 1 N–H and O–H groups in total. The van der Waals surface area contributed by atoms with E-state index in [4.69, 9.17) is 11.6 Å². The van der Waals surface area contributed by atoms with Gasteiger partial charge < -0.3 is 10.0 Å². The van der Waals surface area contributed by atoms with Crippen LogP contribution in [0.2, 0.25) is 5.02 Å². The van der Waals surface area contributed by atoms with Gasteiger partial charge >= 0.3 is 0 Å². The second kappa shape index (κ2) is 9.93. The molecule has 4 atom stereocenters. The average molecular weight is 524 g/mol. The third-order valence-corrected chi connectivity index (χ3v) is 11.2. The molecule has 2 bridgehead atoms. The number of aliphatic hydroxyl groups is 1. The number of hydrogen-bond acceptors (Lipinski definition) is 5. The normalized spacial score (nSPS) is 31.0. The summed E-state index contributed by atoms with van der Waals surface area (Å²) in [5, 5.41) is 9.93. The zero-order valence-electron chi connectivity index (χ0n) is 20.6. The highest BCUT2D eigenvalue weighted by molar-refractivity contribution is 7.89. The van der Waals surface area contributed by atoms with Crippen molar-refractivity contribution in [3.05, 3.63) is 29.3 Å². The molecule has 0 radical (unpaired) electrons. The molecular weight excluding hydrogens is 486 g/mol. The van der Waals surface area contributed by atoms with E-state index in [0.29, 0.717) is 30.1 Å². The highest BCUT2D eigenvalue weighted by Crippen LogP contribution is 2.57. The van der Waals surface area contributed by atoms with Crippen molar-refractivity contribution < 1.29 is 18.3 Å². The van der Waals surface area contributed by atoms with E-state index in [1.807, 2.05) is 4.90 Å². The van der Waals surface area contributed by atoms with Gasteiger partial charge in [-0.3, -0.25) is 9.69 Å². The Morgan fingerprint density at radius 3 is 2.31 bits per heavy atom. The largest absolute Gasteiger partial charge is 0.395 e. The number of nitrogens with zero attached hydrogens (tertiary/aromatic N) is 3. The number of halogens is 1. The maximum Gasteiger partial charge on any atom is 0.243 e. The Hall–Kier alpha value is -1.19. The van der Waals surface area contributed by atoms with Gasteiger partial charge in [0.1, 0.15) is 0 Å². The van der Waals surface area contributed by atoms with Crippen molar-refractivity contribution >= 4 is 27.5 Å². The molecule has 35 heavy (non-hydrogen) atoms. The lowest BCUT2D eigenvalue weighted by Gasteiger charge is -2.45. The van der Waals surface area contributed by atoms with Crippen LogP contribution >= 0.6 is 11.6 Å². The molecule has 1 aromatic carbocycles. The number of piperidine rings is 1. The van der Waals surface area contributed by atoms with Crippen molar-refractivity contribution in [2.45, 2.75) is 93.8 Å². The number of carbonyl (C=O) groups is 1. The lowest BCUT2D eigenvalue weighted by atomic mass is 9.83. The number of piperazine rings is 1. The standard InChI is InChI=1S/C26H38ClN3O4S/c1-2-20-4-3-5-24(30(20)35(33,34)23-10-6-19(27)7-11-23)26(12-13-26)16-25(32)28-17-21-8-9-22(18-28)29(21)14-15-31/h6-7,10-11,20-22,24,31H,2-5,8-9,12-18H2,1H3/t20-,21?,22?,24-/m1/s1. The first-order chi connectivity index (χ1) is 16.8. The quantitative estimate of drug-likeness (QED) is 0.564. The van der Waals surface area contributed by atoms with Gasteiger partial charge in [0.15, 0.2) is 0 Å². The predicted octanol–water partition coefficient (Wildman–Crippen LogP) is 3.50. The van der Waals surface area contributed by atoms with Crippen LogP contribution in [0.15, 0.2) is 29.2 Å². The molecule has 0 spiro atoms. The third-order valence-electron chi connectivity index (χ3n) is 8.99. The summed E-state index contributed by atoms with van der Waals surface area (Å²) < 4.78 is 29.6. The summed E-state index contributed by atoms with van der Waals surface area (Å²) in [5.74, 6) is 0.172. The summed E-state index contributed by atoms with van der Waals surface area (Å²) in [6.45, 7) is 4.34. The Kier molecular flexibility index (Phi) is 7.23. The third kappa shape index (κ3) is 4.77. The van der Waals surface area contributed by atoms with E-state index in [1.165, 1.54) is 0 Å². The topological polar surface area (TPSA) is 81.2 Å². The molecule has 194 valence electrons. The SMILES string of the molecule is CC[C@@H]1CCC[C@H](C2(CC(=O)N3CC4CCC(C3)N4CCO)CC2)N1S(=O)(=O)c1ccc(Cl)cc1. The number of hydrogen-bond donors (Lipinski definition) is 1. The number of carbonyl (C=O) groups excluding carboxylic acids is 1. The van der Waals surface area contributed by atoms with Gasteiger partial charge in [0.2, 0.25) is 15.9 Å². The summed E-state index contributed by atoms with van der Waals surface area (Å²) in [4.78, 5) is 18.2. The first-order valence-electron chi connectivity index (χ1n) is 13.2. The maximum atomic E-state index is 13.9. The first-order valence-corrected chi connectivity index (χ1v) is 15.0. The zero-order chi connectivity index (χ0) is 24.8. The molecule has 0 aromatic heterocycles. The van der Waals surface area contributed by atoms with Gasteiger partial charge in [-0.05, 0) is 74.6 Å². The number of fused-ring (bicyclic) bond motifs is 2. The van der Waals surface area contributed by atoms with Gasteiger partial charge in [-0.2, -0.15) is 4.31 Å². The van der Waals surface area contributed by atoms with Gasteiger partial charge in [0.25, 0.3) is 0 Å². The number of likely N-dealkylation sites (tertiary alicyclic amines) is 1. The van der Waals surface area contributed by atoms with Crippen LogP contribution in [0.5, 0.6) is 0 Å². The molecule has 3 aliphatic heterocycles. The molecule has 3 saturated heterocycles. The molecular formula is C26H38ClN3O4S. The monoisotopic (exact) mass is 523 g/mol. The Morgan fingerprint density at radius 1 is 1.09 bits per heavy atom. The van der Waals surface area contributed by atoms with Gasteiger partial charge in [0, 0.05) is 55.2 Å². The Labute approximate surface area is 214 Å². The van der Waals surface area contributed by atoms with Gasteiger partial charge in [-0.25, -0.2) is 8.42 Å². The first kappa shape index (κ1) is 25.5. The number of rotatable bonds is 8. The fourth-order valence-electron chi connectivity index (χ4n) is 6.98. The van der Waals surface area contributed by atoms with E-state index in [9.17, 15) is 18.3 Å². The highest BCUT2D eigenvalue weighted by atomic mass is 35.5. The minimum absolute atomic E-state index is 0.0418.